The summed E-state index contributed by atoms with van der Waals surface area (Å²) in [5.41, 5.74) is 2.02. The number of ether oxygens (including phenoxy) is 2. The molecular formula is C17H20N2O4S. The molecule has 3 atom stereocenters. The molecule has 24 heavy (non-hydrogen) atoms. The Bertz CT molecular complexity index is 814. The largest absolute Gasteiger partial charge is 0.429 e. The van der Waals surface area contributed by atoms with Crippen LogP contribution in [0.15, 0.2) is 22.6 Å². The number of hydrogen-bond donors (Lipinski definition) is 1. The number of amides is 1. The quantitative estimate of drug-likeness (QED) is 0.845. The Balaban J connectivity index is 1.62. The number of nitrogens with one attached hydrogen (secondary N) is 1. The van der Waals surface area contributed by atoms with E-state index in [1.165, 1.54) is 0 Å². The molecule has 0 bridgehead atoms. The standard InChI is InChI=1S/C17H20N2O4S/c1-21-11-3-5-14-13(9-11)19(6-7-22-14)16(20)10-2-4-12-15(8-10)23-17(24)18-12/h2,4,8,11,13-14H,3,5-7,9H2,1H3,(H,18,24). The molecule has 7 heteroatoms. The molecule has 3 unspecified atom stereocenters. The minimum absolute atomic E-state index is 0.00858. The van der Waals surface area contributed by atoms with Crippen LogP contribution < -0.4 is 0 Å². The second-order valence-electron chi connectivity index (χ2n) is 6.37. The summed E-state index contributed by atoms with van der Waals surface area (Å²) in [6.07, 6.45) is 3.02. The van der Waals surface area contributed by atoms with Crippen LogP contribution in [0.2, 0.25) is 0 Å². The molecule has 1 aliphatic carbocycles. The monoisotopic (exact) mass is 348 g/mol. The first-order valence-corrected chi connectivity index (χ1v) is 8.65. The molecule has 1 aromatic heterocycles. The fourth-order valence-electron chi connectivity index (χ4n) is 3.78. The number of rotatable bonds is 2. The van der Waals surface area contributed by atoms with Crippen molar-refractivity contribution >= 4 is 29.2 Å². The lowest BCUT2D eigenvalue weighted by molar-refractivity contribution is -0.101. The molecule has 1 aliphatic heterocycles. The number of carbonyl (C=O) groups excluding carboxylic acids is 1. The van der Waals surface area contributed by atoms with Crippen LogP contribution in [-0.4, -0.2) is 54.3 Å². The van der Waals surface area contributed by atoms with Gasteiger partial charge in [0.2, 0.25) is 0 Å². The minimum atomic E-state index is 0.00858. The van der Waals surface area contributed by atoms with Gasteiger partial charge in [0.15, 0.2) is 5.58 Å². The van der Waals surface area contributed by atoms with E-state index in [0.29, 0.717) is 29.1 Å². The van der Waals surface area contributed by atoms with E-state index < -0.39 is 0 Å². The van der Waals surface area contributed by atoms with Crippen molar-refractivity contribution in [3.05, 3.63) is 28.6 Å². The zero-order valence-electron chi connectivity index (χ0n) is 13.5. The van der Waals surface area contributed by atoms with Gasteiger partial charge < -0.3 is 23.8 Å². The molecule has 128 valence electrons. The third-order valence-electron chi connectivity index (χ3n) is 5.03. The Kier molecular flexibility index (Phi) is 4.15. The first-order chi connectivity index (χ1) is 11.7. The van der Waals surface area contributed by atoms with Crippen LogP contribution in [0.3, 0.4) is 0 Å². The zero-order chi connectivity index (χ0) is 16.7. The van der Waals surface area contributed by atoms with E-state index in [-0.39, 0.29) is 24.2 Å². The van der Waals surface area contributed by atoms with Crippen molar-refractivity contribution in [1.82, 2.24) is 9.88 Å². The number of H-pyrrole nitrogens is 1. The van der Waals surface area contributed by atoms with Crippen molar-refractivity contribution in [1.29, 1.82) is 0 Å². The number of aromatic nitrogens is 1. The van der Waals surface area contributed by atoms with Crippen LogP contribution in [0.25, 0.3) is 11.1 Å². The fraction of sp³-hybridized carbons (Fsp3) is 0.529. The van der Waals surface area contributed by atoms with Gasteiger partial charge in [-0.05, 0) is 49.7 Å². The topological polar surface area (TPSA) is 67.7 Å². The van der Waals surface area contributed by atoms with Gasteiger partial charge in [0, 0.05) is 19.2 Å². The van der Waals surface area contributed by atoms with E-state index in [1.807, 2.05) is 17.0 Å². The molecule has 6 nitrogen and oxygen atoms in total. The Morgan fingerprint density at radius 2 is 2.29 bits per heavy atom. The van der Waals surface area contributed by atoms with Crippen molar-refractivity contribution < 1.29 is 18.7 Å². The number of carbonyl (C=O) groups is 1. The molecule has 1 N–H and O–H groups in total. The summed E-state index contributed by atoms with van der Waals surface area (Å²) in [6, 6.07) is 5.47. The van der Waals surface area contributed by atoms with Gasteiger partial charge in [-0.25, -0.2) is 0 Å². The normalized spacial score (nSPS) is 27.2. The third kappa shape index (κ3) is 2.76. The highest BCUT2D eigenvalue weighted by Gasteiger charge is 2.40. The maximum Gasteiger partial charge on any atom is 0.266 e. The lowest BCUT2D eigenvalue weighted by Gasteiger charge is -2.45. The Morgan fingerprint density at radius 1 is 1.42 bits per heavy atom. The second-order valence-corrected chi connectivity index (χ2v) is 6.74. The number of fused-ring (bicyclic) bond motifs is 2. The predicted octanol–water partition coefficient (Wildman–Crippen LogP) is 2.90. The first-order valence-electron chi connectivity index (χ1n) is 8.24. The molecule has 0 spiro atoms. The molecule has 0 radical (unpaired) electrons. The summed E-state index contributed by atoms with van der Waals surface area (Å²) in [5, 5.41) is 0. The van der Waals surface area contributed by atoms with Crippen LogP contribution >= 0.6 is 12.2 Å². The minimum Gasteiger partial charge on any atom is -0.429 e. The molecule has 2 heterocycles. The lowest BCUT2D eigenvalue weighted by Crippen LogP contribution is -2.56. The van der Waals surface area contributed by atoms with Crippen molar-refractivity contribution in [3.8, 4) is 0 Å². The summed E-state index contributed by atoms with van der Waals surface area (Å²) in [6.45, 7) is 1.18. The maximum absolute atomic E-state index is 13.1. The second kappa shape index (κ2) is 6.31. The van der Waals surface area contributed by atoms with E-state index >= 15 is 0 Å². The number of morpholine rings is 1. The van der Waals surface area contributed by atoms with Gasteiger partial charge in [-0.1, -0.05) is 0 Å². The summed E-state index contributed by atoms with van der Waals surface area (Å²) < 4.78 is 16.8. The van der Waals surface area contributed by atoms with Gasteiger partial charge in [-0.2, -0.15) is 0 Å². The molecule has 1 saturated heterocycles. The van der Waals surface area contributed by atoms with Crippen LogP contribution in [0.4, 0.5) is 0 Å². The van der Waals surface area contributed by atoms with Crippen LogP contribution in [0.1, 0.15) is 29.6 Å². The number of aromatic amines is 1. The van der Waals surface area contributed by atoms with Crippen molar-refractivity contribution in [3.63, 3.8) is 0 Å². The van der Waals surface area contributed by atoms with E-state index in [2.05, 4.69) is 4.98 Å². The van der Waals surface area contributed by atoms with Crippen LogP contribution in [0, 0.1) is 4.84 Å². The van der Waals surface area contributed by atoms with Gasteiger partial charge in [-0.15, -0.1) is 0 Å². The highest BCUT2D eigenvalue weighted by molar-refractivity contribution is 7.71. The Morgan fingerprint density at radius 3 is 3.12 bits per heavy atom. The van der Waals surface area contributed by atoms with Crippen molar-refractivity contribution in [2.75, 3.05) is 20.3 Å². The molecule has 1 saturated carbocycles. The van der Waals surface area contributed by atoms with E-state index in [0.717, 1.165) is 24.8 Å². The van der Waals surface area contributed by atoms with Crippen LogP contribution in [0.5, 0.6) is 0 Å². The van der Waals surface area contributed by atoms with Gasteiger partial charge >= 0.3 is 0 Å². The van der Waals surface area contributed by atoms with Gasteiger partial charge in [-0.3, -0.25) is 4.79 Å². The van der Waals surface area contributed by atoms with Crippen molar-refractivity contribution in [2.45, 2.75) is 37.5 Å². The smallest absolute Gasteiger partial charge is 0.266 e. The SMILES string of the molecule is COC1CCC2OCCN(C(=O)c3ccc4[nH]c(=S)oc4c3)C2C1. The Hall–Kier alpha value is -1.70. The lowest BCUT2D eigenvalue weighted by atomic mass is 9.87. The predicted molar refractivity (Wildman–Crippen MR) is 90.6 cm³/mol. The number of methoxy groups -OCH3 is 1. The number of hydrogen-bond acceptors (Lipinski definition) is 5. The van der Waals surface area contributed by atoms with Gasteiger partial charge in [0.25, 0.3) is 10.7 Å². The first kappa shape index (κ1) is 15.8. The average molecular weight is 348 g/mol. The number of oxazole rings is 1. The molecule has 4 rings (SSSR count). The van der Waals surface area contributed by atoms with Crippen molar-refractivity contribution in [2.24, 2.45) is 0 Å². The maximum atomic E-state index is 13.1. The Labute approximate surface area is 144 Å². The highest BCUT2D eigenvalue weighted by Crippen LogP contribution is 2.31. The molecule has 1 amide bonds. The molecule has 2 fully saturated rings. The average Bonchev–Trinajstić information content (AvgIpc) is 2.99. The van der Waals surface area contributed by atoms with Crippen LogP contribution in [-0.2, 0) is 9.47 Å². The van der Waals surface area contributed by atoms with E-state index in [1.54, 1.807) is 13.2 Å². The molecule has 1 aromatic carbocycles. The molecule has 2 aromatic rings. The summed E-state index contributed by atoms with van der Waals surface area (Å²) >= 11 is 5.00. The summed E-state index contributed by atoms with van der Waals surface area (Å²) in [7, 11) is 1.73. The summed E-state index contributed by atoms with van der Waals surface area (Å²) in [4.78, 5) is 18.2. The van der Waals surface area contributed by atoms with Gasteiger partial charge in [0.05, 0.1) is 30.4 Å². The van der Waals surface area contributed by atoms with E-state index in [4.69, 9.17) is 26.1 Å². The van der Waals surface area contributed by atoms with E-state index in [9.17, 15) is 4.79 Å². The number of benzene rings is 1. The highest BCUT2D eigenvalue weighted by atomic mass is 32.1. The molecule has 2 aliphatic rings. The summed E-state index contributed by atoms with van der Waals surface area (Å²) in [5.74, 6) is 0.00858. The fourth-order valence-corrected chi connectivity index (χ4v) is 3.98. The molecular weight excluding hydrogens is 328 g/mol. The zero-order valence-corrected chi connectivity index (χ0v) is 14.3. The van der Waals surface area contributed by atoms with Gasteiger partial charge in [0.1, 0.15) is 0 Å². The number of nitrogens with zero attached hydrogens (tertiary/aromatic N) is 1. The third-order valence-corrected chi connectivity index (χ3v) is 5.22.